The van der Waals surface area contributed by atoms with Crippen LogP contribution in [-0.4, -0.2) is 97.5 Å². The summed E-state index contributed by atoms with van der Waals surface area (Å²) in [5.41, 5.74) is 11.1. The SMILES string of the molecule is CN(C)C(N)=[N+](C)C.CN(C)C(N)=[N+](C)C.Oc1c(Cl)c(Cl)c(Cl)c(Cl)c1Cl.Oc1c(Cl)c(Cl)c(Cl)c(Cl)c1Cl.[O-]c1c(Cl)c(Cl)c(Cl)c(Cl)c1Cl.[O-]c1c(Cl)c(Cl)c(Cl)c(Cl)c1Cl. The van der Waals surface area contributed by atoms with Crippen molar-refractivity contribution < 1.29 is 29.6 Å². The summed E-state index contributed by atoms with van der Waals surface area (Å²) in [5, 5.41) is 39.0. The molecular formula is C34H30Cl20N6O4. The second-order valence-corrected chi connectivity index (χ2v) is 19.5. The van der Waals surface area contributed by atoms with E-state index in [1.165, 1.54) is 0 Å². The van der Waals surface area contributed by atoms with Crippen molar-refractivity contribution in [3.63, 3.8) is 0 Å². The number of halogens is 20. The van der Waals surface area contributed by atoms with Gasteiger partial charge in [-0.3, -0.25) is 30.4 Å². The second-order valence-electron chi connectivity index (χ2n) is 11.9. The standard InChI is InChI=1S/4C6HCl5O.2C5H13N3/c4*7-1-2(8)4(10)6(12)5(11)3(1)9;2*1-7(2)5(6)8(3)4/h4*12H;2*6H,1-4H3. The lowest BCUT2D eigenvalue weighted by molar-refractivity contribution is -0.470. The van der Waals surface area contributed by atoms with Crippen molar-refractivity contribution in [2.75, 3.05) is 56.4 Å². The predicted octanol–water partition coefficient (Wildman–Crippen LogP) is 15.6. The molecule has 30 heteroatoms. The van der Waals surface area contributed by atoms with Crippen LogP contribution in [0, 0.1) is 0 Å². The van der Waals surface area contributed by atoms with Crippen LogP contribution in [0.5, 0.6) is 23.0 Å². The molecule has 0 aliphatic carbocycles. The van der Waals surface area contributed by atoms with Crippen LogP contribution in [0.25, 0.3) is 0 Å². The van der Waals surface area contributed by atoms with Gasteiger partial charge in [-0.15, -0.1) is 0 Å². The van der Waals surface area contributed by atoms with Crippen molar-refractivity contribution in [3.05, 3.63) is 100 Å². The number of rotatable bonds is 0. The molecule has 0 atom stereocenters. The van der Waals surface area contributed by atoms with Gasteiger partial charge >= 0.3 is 11.9 Å². The van der Waals surface area contributed by atoms with Crippen LogP contribution in [-0.2, 0) is 0 Å². The van der Waals surface area contributed by atoms with Crippen molar-refractivity contribution in [2.24, 2.45) is 11.5 Å². The highest BCUT2D eigenvalue weighted by Crippen LogP contribution is 2.50. The van der Waals surface area contributed by atoms with Gasteiger partial charge in [0.05, 0.1) is 137 Å². The molecule has 0 radical (unpaired) electrons. The van der Waals surface area contributed by atoms with E-state index in [1.807, 2.05) is 75.3 Å². The number of phenolic OH excluding ortho intramolecular Hbond substituents is 2. The first kappa shape index (κ1) is 66.5. The maximum atomic E-state index is 11.1. The minimum Gasteiger partial charge on any atom is -0.870 e. The number of guanidine groups is 2. The van der Waals surface area contributed by atoms with Crippen molar-refractivity contribution in [1.82, 2.24) is 9.80 Å². The zero-order valence-electron chi connectivity index (χ0n) is 33.2. The molecule has 0 amide bonds. The molecule has 0 bridgehead atoms. The molecule has 4 aromatic rings. The summed E-state index contributed by atoms with van der Waals surface area (Å²) in [4.78, 5) is 3.72. The van der Waals surface area contributed by atoms with E-state index >= 15 is 0 Å². The van der Waals surface area contributed by atoms with E-state index < -0.39 is 11.5 Å². The number of aromatic hydroxyl groups is 2. The molecule has 4 rings (SSSR count). The van der Waals surface area contributed by atoms with E-state index in [0.29, 0.717) is 0 Å². The number of nitrogens with zero attached hydrogens (tertiary/aromatic N) is 4. The second kappa shape index (κ2) is 30.2. The smallest absolute Gasteiger partial charge is 0.344 e. The summed E-state index contributed by atoms with van der Waals surface area (Å²) in [6.45, 7) is 0. The van der Waals surface area contributed by atoms with Crippen LogP contribution in [0.3, 0.4) is 0 Å². The van der Waals surface area contributed by atoms with Crippen LogP contribution in [0.15, 0.2) is 0 Å². The van der Waals surface area contributed by atoms with E-state index in [9.17, 15) is 20.4 Å². The molecule has 4 aromatic carbocycles. The average molecular weight is 1300 g/mol. The highest BCUT2D eigenvalue weighted by Gasteiger charge is 2.20. The highest BCUT2D eigenvalue weighted by molar-refractivity contribution is 6.58. The first-order valence-electron chi connectivity index (χ1n) is 15.7. The summed E-state index contributed by atoms with van der Waals surface area (Å²) in [6, 6.07) is 0. The minimum atomic E-state index is -0.613. The summed E-state index contributed by atoms with van der Waals surface area (Å²) >= 11 is 111. The fraction of sp³-hybridized carbons (Fsp3) is 0.235. The van der Waals surface area contributed by atoms with Gasteiger partial charge in [-0.25, -0.2) is 0 Å². The number of nitrogens with two attached hydrogens (primary N) is 2. The highest BCUT2D eigenvalue weighted by atomic mass is 35.5. The molecular weight excluding hydrogens is 1270 g/mol. The number of hydrogen-bond acceptors (Lipinski definition) is 4. The molecule has 0 fully saturated rings. The van der Waals surface area contributed by atoms with Gasteiger partial charge in [-0.05, 0) is 0 Å². The summed E-state index contributed by atoms with van der Waals surface area (Å²) in [5.74, 6) is -0.416. The van der Waals surface area contributed by atoms with E-state index in [1.54, 1.807) is 0 Å². The van der Waals surface area contributed by atoms with Gasteiger partial charge < -0.3 is 20.4 Å². The summed E-state index contributed by atoms with van der Waals surface area (Å²) in [6.07, 6.45) is 0. The lowest BCUT2D eigenvalue weighted by Gasteiger charge is -2.14. The van der Waals surface area contributed by atoms with E-state index in [2.05, 4.69) is 0 Å². The van der Waals surface area contributed by atoms with Gasteiger partial charge in [-0.1, -0.05) is 244 Å². The van der Waals surface area contributed by atoms with Gasteiger partial charge in [0, 0.05) is 0 Å². The molecule has 0 unspecified atom stereocenters. The Balaban J connectivity index is 0. The molecule has 0 saturated heterocycles. The average Bonchev–Trinajstić information content (AvgIpc) is 3.26. The molecule has 360 valence electrons. The Bertz CT molecular complexity index is 1660. The lowest BCUT2D eigenvalue weighted by atomic mass is 10.3. The third-order valence-electron chi connectivity index (χ3n) is 6.55. The molecule has 0 saturated carbocycles. The Morgan fingerprint density at radius 1 is 0.328 bits per heavy atom. The Labute approximate surface area is 469 Å². The predicted molar refractivity (Wildman–Crippen MR) is 278 cm³/mol. The topological polar surface area (TPSA) is 151 Å². The number of phenols is 2. The molecule has 0 aromatic heterocycles. The van der Waals surface area contributed by atoms with Gasteiger partial charge in [0.1, 0.15) is 20.1 Å². The van der Waals surface area contributed by atoms with Crippen molar-refractivity contribution in [3.8, 4) is 23.0 Å². The van der Waals surface area contributed by atoms with Crippen LogP contribution < -0.4 is 21.7 Å². The quantitative estimate of drug-likeness (QED) is 0.0447. The van der Waals surface area contributed by atoms with Crippen molar-refractivity contribution in [1.29, 1.82) is 0 Å². The van der Waals surface area contributed by atoms with Crippen LogP contribution >= 0.6 is 232 Å². The van der Waals surface area contributed by atoms with Crippen molar-refractivity contribution >= 4 is 244 Å². The third-order valence-corrected chi connectivity index (χ3v) is 15.5. The molecule has 0 heterocycles. The Morgan fingerprint density at radius 2 is 0.453 bits per heavy atom. The molecule has 6 N–H and O–H groups in total. The first-order chi connectivity index (χ1) is 29.0. The fourth-order valence-electron chi connectivity index (χ4n) is 3.16. The van der Waals surface area contributed by atoms with Gasteiger partial charge in [0.15, 0.2) is 11.5 Å². The van der Waals surface area contributed by atoms with Gasteiger partial charge in [0.2, 0.25) is 0 Å². The first-order valence-corrected chi connectivity index (χ1v) is 23.2. The Hall–Kier alpha value is 0.420. The minimum absolute atomic E-state index is 0.00654. The monoisotopic (exact) mass is 1290 g/mol. The van der Waals surface area contributed by atoms with E-state index in [-0.39, 0.29) is 112 Å². The fourth-order valence-corrected chi connectivity index (χ4v) is 7.66. The maximum absolute atomic E-state index is 11.1. The molecule has 10 nitrogen and oxygen atoms in total. The van der Waals surface area contributed by atoms with E-state index in [4.69, 9.17) is 243 Å². The molecule has 0 aliphatic rings. The van der Waals surface area contributed by atoms with Crippen LogP contribution in [0.2, 0.25) is 100 Å². The lowest BCUT2D eigenvalue weighted by Crippen LogP contribution is -2.36. The zero-order valence-corrected chi connectivity index (χ0v) is 48.3. The largest absolute Gasteiger partial charge is 0.870 e. The van der Waals surface area contributed by atoms with Crippen LogP contribution in [0.4, 0.5) is 0 Å². The third kappa shape index (κ3) is 18.6. The van der Waals surface area contributed by atoms with Crippen molar-refractivity contribution in [2.45, 2.75) is 0 Å². The Morgan fingerprint density at radius 3 is 0.562 bits per heavy atom. The Kier molecular flexibility index (Phi) is 31.4. The molecule has 0 spiro atoms. The van der Waals surface area contributed by atoms with Crippen LogP contribution in [0.1, 0.15) is 0 Å². The number of benzene rings is 4. The maximum Gasteiger partial charge on any atom is 0.344 e. The van der Waals surface area contributed by atoms with Gasteiger partial charge in [-0.2, -0.15) is 0 Å². The molecule has 64 heavy (non-hydrogen) atoms. The van der Waals surface area contributed by atoms with E-state index in [0.717, 1.165) is 11.9 Å². The van der Waals surface area contributed by atoms with Gasteiger partial charge in [0.25, 0.3) is 0 Å². The summed E-state index contributed by atoms with van der Waals surface area (Å²) in [7, 11) is 15.3. The molecule has 0 aliphatic heterocycles. The number of hydrogen-bond donors (Lipinski definition) is 4. The zero-order chi connectivity index (χ0) is 51.3. The summed E-state index contributed by atoms with van der Waals surface area (Å²) < 4.78 is 3.72. The normalized spacial score (nSPS) is 9.94.